The average Bonchev–Trinajstić information content (AvgIpc) is 2.74. The minimum Gasteiger partial charge on any atom is -0.406 e. The van der Waals surface area contributed by atoms with Crippen LogP contribution in [0, 0.1) is 0 Å². The summed E-state index contributed by atoms with van der Waals surface area (Å²) in [4.78, 5) is 29.5. The van der Waals surface area contributed by atoms with Gasteiger partial charge < -0.3 is 15.4 Å². The fraction of sp³-hybridized carbons (Fsp3) is 0.0455. The molecule has 0 aliphatic carbocycles. The van der Waals surface area contributed by atoms with Crippen LogP contribution in [0.5, 0.6) is 5.75 Å². The molecule has 0 aliphatic rings. The van der Waals surface area contributed by atoms with E-state index in [0.717, 1.165) is 12.1 Å². The van der Waals surface area contributed by atoms with Crippen molar-refractivity contribution in [1.82, 2.24) is 10.3 Å². The third kappa shape index (κ3) is 6.67. The highest BCUT2D eigenvalue weighted by atomic mass is 79.9. The van der Waals surface area contributed by atoms with Crippen LogP contribution in [0.2, 0.25) is 0 Å². The Hall–Kier alpha value is -3.66. The standard InChI is InChI=1S/C22H15BrF3N3O3/c23-18-6-2-1-5-17(18)20(30)29-19(12-14-4-3-11-27-13-14)21(31)28-15-7-9-16(10-8-15)32-22(24,25)26/h1-13H,(H,28,31)(H,29,30)/b19-12+. The van der Waals surface area contributed by atoms with Crippen molar-refractivity contribution in [2.75, 3.05) is 5.32 Å². The molecule has 0 saturated carbocycles. The van der Waals surface area contributed by atoms with E-state index in [0.29, 0.717) is 15.6 Å². The summed E-state index contributed by atoms with van der Waals surface area (Å²) in [5.74, 6) is -1.64. The molecule has 0 unspecified atom stereocenters. The van der Waals surface area contributed by atoms with Crippen LogP contribution in [-0.4, -0.2) is 23.2 Å². The molecule has 0 bridgehead atoms. The minimum absolute atomic E-state index is 0.0885. The summed E-state index contributed by atoms with van der Waals surface area (Å²) < 4.78 is 41.3. The van der Waals surface area contributed by atoms with E-state index in [2.05, 4.69) is 36.3 Å². The van der Waals surface area contributed by atoms with Gasteiger partial charge in [0.05, 0.1) is 5.56 Å². The number of nitrogens with one attached hydrogen (secondary N) is 2. The number of aromatic nitrogens is 1. The maximum Gasteiger partial charge on any atom is 0.573 e. The van der Waals surface area contributed by atoms with E-state index in [9.17, 15) is 22.8 Å². The Balaban J connectivity index is 1.82. The van der Waals surface area contributed by atoms with Gasteiger partial charge in [0.1, 0.15) is 11.4 Å². The first kappa shape index (κ1) is 23.0. The highest BCUT2D eigenvalue weighted by molar-refractivity contribution is 9.10. The zero-order chi connectivity index (χ0) is 23.1. The van der Waals surface area contributed by atoms with Gasteiger partial charge in [0.2, 0.25) is 0 Å². The molecule has 3 rings (SSSR count). The zero-order valence-corrected chi connectivity index (χ0v) is 17.8. The first-order valence-corrected chi connectivity index (χ1v) is 9.85. The number of hydrogen-bond acceptors (Lipinski definition) is 4. The first-order valence-electron chi connectivity index (χ1n) is 9.06. The number of alkyl halides is 3. The van der Waals surface area contributed by atoms with Gasteiger partial charge >= 0.3 is 6.36 Å². The Labute approximate surface area is 189 Å². The molecule has 2 amide bonds. The van der Waals surface area contributed by atoms with Crippen molar-refractivity contribution in [3.05, 3.63) is 94.4 Å². The Bertz CT molecular complexity index is 1130. The zero-order valence-electron chi connectivity index (χ0n) is 16.2. The summed E-state index contributed by atoms with van der Waals surface area (Å²) in [5, 5.41) is 5.10. The Morgan fingerprint density at radius 2 is 1.72 bits per heavy atom. The summed E-state index contributed by atoms with van der Waals surface area (Å²) in [5.41, 5.74) is 0.983. The van der Waals surface area contributed by atoms with Crippen molar-refractivity contribution in [3.8, 4) is 5.75 Å². The number of anilines is 1. The lowest BCUT2D eigenvalue weighted by Crippen LogP contribution is -2.31. The number of hydrogen-bond donors (Lipinski definition) is 2. The van der Waals surface area contributed by atoms with Crippen LogP contribution in [0.1, 0.15) is 15.9 Å². The molecular weight excluding hydrogens is 491 g/mol. The fourth-order valence-corrected chi connectivity index (χ4v) is 3.02. The minimum atomic E-state index is -4.82. The number of carbonyl (C=O) groups excluding carboxylic acids is 2. The lowest BCUT2D eigenvalue weighted by atomic mass is 10.2. The quantitative estimate of drug-likeness (QED) is 0.454. The number of rotatable bonds is 6. The van der Waals surface area contributed by atoms with Crippen molar-refractivity contribution >= 4 is 39.5 Å². The summed E-state index contributed by atoms with van der Waals surface area (Å²) in [6, 6.07) is 14.7. The van der Waals surface area contributed by atoms with Crippen LogP contribution < -0.4 is 15.4 Å². The van der Waals surface area contributed by atoms with Crippen LogP contribution in [-0.2, 0) is 4.79 Å². The van der Waals surface area contributed by atoms with Gasteiger partial charge in [0.15, 0.2) is 0 Å². The van der Waals surface area contributed by atoms with Crippen molar-refractivity contribution < 1.29 is 27.5 Å². The summed E-state index contributed by atoms with van der Waals surface area (Å²) in [6.07, 6.45) is -0.332. The van der Waals surface area contributed by atoms with Crippen molar-refractivity contribution in [2.24, 2.45) is 0 Å². The topological polar surface area (TPSA) is 80.3 Å². The molecule has 1 aromatic heterocycles. The molecule has 0 atom stereocenters. The largest absolute Gasteiger partial charge is 0.573 e. The molecule has 0 saturated heterocycles. The van der Waals surface area contributed by atoms with Crippen LogP contribution in [0.3, 0.4) is 0 Å². The van der Waals surface area contributed by atoms with E-state index in [-0.39, 0.29) is 11.4 Å². The summed E-state index contributed by atoms with van der Waals surface area (Å²) >= 11 is 3.29. The molecule has 0 aliphatic heterocycles. The molecule has 0 radical (unpaired) electrons. The van der Waals surface area contributed by atoms with E-state index in [1.165, 1.54) is 24.4 Å². The van der Waals surface area contributed by atoms with Gasteiger partial charge in [-0.05, 0) is 70.0 Å². The maximum atomic E-state index is 12.8. The number of ether oxygens (including phenoxy) is 1. The van der Waals surface area contributed by atoms with Crippen LogP contribution in [0.4, 0.5) is 18.9 Å². The second kappa shape index (κ2) is 10.1. The molecule has 2 N–H and O–H groups in total. The average molecular weight is 506 g/mol. The lowest BCUT2D eigenvalue weighted by Gasteiger charge is -2.13. The van der Waals surface area contributed by atoms with Crippen LogP contribution in [0.15, 0.2) is 83.2 Å². The number of benzene rings is 2. The number of carbonyl (C=O) groups is 2. The van der Waals surface area contributed by atoms with Crippen LogP contribution >= 0.6 is 15.9 Å². The number of amides is 2. The van der Waals surface area contributed by atoms with Gasteiger partial charge in [-0.2, -0.15) is 0 Å². The van der Waals surface area contributed by atoms with Crippen molar-refractivity contribution in [2.45, 2.75) is 6.36 Å². The maximum absolute atomic E-state index is 12.8. The molecule has 3 aromatic rings. The number of halogens is 4. The Morgan fingerprint density at radius 1 is 1.00 bits per heavy atom. The van der Waals surface area contributed by atoms with Gasteiger partial charge in [-0.25, -0.2) is 0 Å². The predicted octanol–water partition coefficient (Wildman–Crippen LogP) is 5.15. The van der Waals surface area contributed by atoms with Gasteiger partial charge in [-0.1, -0.05) is 18.2 Å². The third-order valence-electron chi connectivity index (χ3n) is 3.95. The molecule has 10 heteroatoms. The van der Waals surface area contributed by atoms with E-state index in [1.54, 1.807) is 42.6 Å². The highest BCUT2D eigenvalue weighted by Gasteiger charge is 2.31. The van der Waals surface area contributed by atoms with Gasteiger partial charge in [-0.3, -0.25) is 14.6 Å². The van der Waals surface area contributed by atoms with Crippen molar-refractivity contribution in [3.63, 3.8) is 0 Å². The lowest BCUT2D eigenvalue weighted by molar-refractivity contribution is -0.274. The SMILES string of the molecule is O=C(Nc1ccc(OC(F)(F)F)cc1)/C(=C\c1cccnc1)NC(=O)c1ccccc1Br. The summed E-state index contributed by atoms with van der Waals surface area (Å²) in [7, 11) is 0. The molecule has 0 fully saturated rings. The van der Waals surface area contributed by atoms with E-state index < -0.39 is 23.9 Å². The molecule has 0 spiro atoms. The Kier molecular flexibility index (Phi) is 7.26. The monoisotopic (exact) mass is 505 g/mol. The fourth-order valence-electron chi connectivity index (χ4n) is 2.56. The van der Waals surface area contributed by atoms with Gasteiger partial charge in [-0.15, -0.1) is 13.2 Å². The third-order valence-corrected chi connectivity index (χ3v) is 4.64. The molecule has 6 nitrogen and oxygen atoms in total. The molecule has 164 valence electrons. The highest BCUT2D eigenvalue weighted by Crippen LogP contribution is 2.24. The first-order chi connectivity index (χ1) is 15.2. The smallest absolute Gasteiger partial charge is 0.406 e. The van der Waals surface area contributed by atoms with E-state index in [1.807, 2.05) is 0 Å². The second-order valence-electron chi connectivity index (χ2n) is 6.30. The number of nitrogens with zero attached hydrogens (tertiary/aromatic N) is 1. The molecule has 1 heterocycles. The van der Waals surface area contributed by atoms with E-state index >= 15 is 0 Å². The van der Waals surface area contributed by atoms with Gasteiger partial charge in [0.25, 0.3) is 11.8 Å². The number of pyridine rings is 1. The van der Waals surface area contributed by atoms with E-state index in [4.69, 9.17) is 0 Å². The molecular formula is C22H15BrF3N3O3. The normalized spacial score (nSPS) is 11.6. The van der Waals surface area contributed by atoms with Crippen molar-refractivity contribution in [1.29, 1.82) is 0 Å². The molecule has 32 heavy (non-hydrogen) atoms. The van der Waals surface area contributed by atoms with Gasteiger partial charge in [0, 0.05) is 22.6 Å². The van der Waals surface area contributed by atoms with Crippen LogP contribution in [0.25, 0.3) is 6.08 Å². The Morgan fingerprint density at radius 3 is 2.34 bits per heavy atom. The molecule has 2 aromatic carbocycles. The summed E-state index contributed by atoms with van der Waals surface area (Å²) in [6.45, 7) is 0. The predicted molar refractivity (Wildman–Crippen MR) is 116 cm³/mol. The second-order valence-corrected chi connectivity index (χ2v) is 7.16.